The van der Waals surface area contributed by atoms with Gasteiger partial charge in [-0.05, 0) is 63.9 Å². The fourth-order valence-corrected chi connectivity index (χ4v) is 5.24. The highest BCUT2D eigenvalue weighted by Gasteiger charge is 2.33. The smallest absolute Gasteiger partial charge is 0.349 e. The van der Waals surface area contributed by atoms with Crippen molar-refractivity contribution in [1.29, 1.82) is 0 Å². The van der Waals surface area contributed by atoms with Crippen LogP contribution in [0.3, 0.4) is 0 Å². The van der Waals surface area contributed by atoms with Crippen LogP contribution in [0.1, 0.15) is 57.1 Å². The van der Waals surface area contributed by atoms with Gasteiger partial charge in [-0.3, -0.25) is 4.57 Å². The molecule has 182 valence electrons. The molecule has 2 fully saturated rings. The van der Waals surface area contributed by atoms with Crippen molar-refractivity contribution in [1.82, 2.24) is 24.8 Å². The van der Waals surface area contributed by atoms with Crippen LogP contribution in [0.5, 0.6) is 0 Å². The standard InChI is InChI=1S/C23H27ClF3N7/c1-22(8-2-3-9-22)33-20-29-13-18-19(32-20)34(15-6-10-28-11-7-15)21(31-18)30-14-4-5-16(17(24)12-14)23(25,26)27/h4-5,12-13,15,28H,2-3,6-11H2,1H3,(H,30,31)(H,29,32,33). The molecule has 3 aromatic rings. The summed E-state index contributed by atoms with van der Waals surface area (Å²) in [7, 11) is 0. The van der Waals surface area contributed by atoms with Gasteiger partial charge in [0.15, 0.2) is 5.65 Å². The van der Waals surface area contributed by atoms with Gasteiger partial charge < -0.3 is 16.0 Å². The molecule has 1 saturated heterocycles. The zero-order valence-electron chi connectivity index (χ0n) is 18.8. The van der Waals surface area contributed by atoms with Gasteiger partial charge in [0.2, 0.25) is 11.9 Å². The van der Waals surface area contributed by atoms with Gasteiger partial charge in [0.25, 0.3) is 0 Å². The average Bonchev–Trinajstić information content (AvgIpc) is 3.36. The lowest BCUT2D eigenvalue weighted by molar-refractivity contribution is -0.137. The van der Waals surface area contributed by atoms with E-state index in [9.17, 15) is 13.2 Å². The van der Waals surface area contributed by atoms with E-state index in [2.05, 4.69) is 32.8 Å². The van der Waals surface area contributed by atoms with Crippen LogP contribution in [0.2, 0.25) is 5.02 Å². The summed E-state index contributed by atoms with van der Waals surface area (Å²) >= 11 is 5.94. The third-order valence-electron chi connectivity index (χ3n) is 6.76. The molecule has 3 N–H and O–H groups in total. The van der Waals surface area contributed by atoms with Crippen LogP contribution >= 0.6 is 11.6 Å². The maximum atomic E-state index is 13.1. The Bertz CT molecular complexity index is 1180. The van der Waals surface area contributed by atoms with Crippen molar-refractivity contribution in [3.8, 4) is 0 Å². The van der Waals surface area contributed by atoms with Crippen LogP contribution in [0, 0.1) is 0 Å². The van der Waals surface area contributed by atoms with Crippen LogP contribution in [-0.4, -0.2) is 38.1 Å². The Hall–Kier alpha value is -2.59. The van der Waals surface area contributed by atoms with Crippen molar-refractivity contribution in [2.24, 2.45) is 0 Å². The summed E-state index contributed by atoms with van der Waals surface area (Å²) < 4.78 is 41.4. The first-order valence-electron chi connectivity index (χ1n) is 11.6. The van der Waals surface area contributed by atoms with Crippen LogP contribution in [-0.2, 0) is 6.18 Å². The number of rotatable bonds is 5. The summed E-state index contributed by atoms with van der Waals surface area (Å²) in [6, 6.07) is 3.76. The van der Waals surface area contributed by atoms with Crippen molar-refractivity contribution in [2.75, 3.05) is 23.7 Å². The van der Waals surface area contributed by atoms with Crippen molar-refractivity contribution >= 4 is 40.3 Å². The van der Waals surface area contributed by atoms with Crippen LogP contribution in [0.25, 0.3) is 11.2 Å². The highest BCUT2D eigenvalue weighted by molar-refractivity contribution is 6.31. The molecule has 3 heterocycles. The Labute approximate surface area is 200 Å². The molecule has 0 spiro atoms. The lowest BCUT2D eigenvalue weighted by Gasteiger charge is -2.27. The first-order valence-corrected chi connectivity index (χ1v) is 12.0. The molecule has 1 aliphatic heterocycles. The van der Waals surface area contributed by atoms with E-state index in [1.165, 1.54) is 25.0 Å². The van der Waals surface area contributed by atoms with Crippen molar-refractivity contribution in [3.05, 3.63) is 35.0 Å². The average molecular weight is 494 g/mol. The van der Waals surface area contributed by atoms with E-state index < -0.39 is 11.7 Å². The van der Waals surface area contributed by atoms with Gasteiger partial charge in [-0.25, -0.2) is 9.97 Å². The highest BCUT2D eigenvalue weighted by Crippen LogP contribution is 2.37. The molecular formula is C23H27ClF3N7. The molecule has 2 aliphatic rings. The van der Waals surface area contributed by atoms with Crippen molar-refractivity contribution in [3.63, 3.8) is 0 Å². The molecule has 0 radical (unpaired) electrons. The second kappa shape index (κ2) is 8.88. The minimum atomic E-state index is -4.51. The number of alkyl halides is 3. The van der Waals surface area contributed by atoms with E-state index in [-0.39, 0.29) is 16.6 Å². The zero-order valence-corrected chi connectivity index (χ0v) is 19.6. The van der Waals surface area contributed by atoms with Gasteiger partial charge in [-0.15, -0.1) is 0 Å². The third-order valence-corrected chi connectivity index (χ3v) is 7.07. The van der Waals surface area contributed by atoms with Gasteiger partial charge in [0.1, 0.15) is 5.52 Å². The molecule has 0 bridgehead atoms. The summed E-state index contributed by atoms with van der Waals surface area (Å²) in [6.07, 6.45) is 3.48. The topological polar surface area (TPSA) is 79.7 Å². The maximum Gasteiger partial charge on any atom is 0.417 e. The number of fused-ring (bicyclic) bond motifs is 1. The number of benzene rings is 1. The Balaban J connectivity index is 1.52. The van der Waals surface area contributed by atoms with E-state index >= 15 is 0 Å². The zero-order chi connectivity index (χ0) is 23.9. The molecular weight excluding hydrogens is 467 g/mol. The molecule has 1 aromatic carbocycles. The summed E-state index contributed by atoms with van der Waals surface area (Å²) in [5.41, 5.74) is 0.861. The van der Waals surface area contributed by atoms with Gasteiger partial charge in [-0.1, -0.05) is 24.4 Å². The lowest BCUT2D eigenvalue weighted by atomic mass is 10.0. The Morgan fingerprint density at radius 3 is 2.56 bits per heavy atom. The summed E-state index contributed by atoms with van der Waals surface area (Å²) in [6.45, 7) is 3.92. The van der Waals surface area contributed by atoms with E-state index in [0.717, 1.165) is 44.8 Å². The number of nitrogens with one attached hydrogen (secondary N) is 3. The second-order valence-corrected chi connectivity index (χ2v) is 9.81. The molecule has 5 rings (SSSR count). The Kier molecular flexibility index (Phi) is 6.05. The van der Waals surface area contributed by atoms with Crippen molar-refractivity contribution in [2.45, 2.75) is 63.2 Å². The number of piperidine rings is 1. The monoisotopic (exact) mass is 493 g/mol. The quantitative estimate of drug-likeness (QED) is 0.410. The van der Waals surface area contributed by atoms with E-state index in [1.807, 2.05) is 4.57 Å². The molecule has 2 aromatic heterocycles. The fourth-order valence-electron chi connectivity index (χ4n) is 4.95. The van der Waals surface area contributed by atoms with Gasteiger partial charge in [0.05, 0.1) is 16.8 Å². The van der Waals surface area contributed by atoms with Crippen LogP contribution in [0.4, 0.5) is 30.8 Å². The molecule has 0 amide bonds. The van der Waals surface area contributed by atoms with E-state index in [4.69, 9.17) is 16.6 Å². The molecule has 11 heteroatoms. The van der Waals surface area contributed by atoms with Crippen LogP contribution < -0.4 is 16.0 Å². The Morgan fingerprint density at radius 1 is 1.15 bits per heavy atom. The molecule has 7 nitrogen and oxygen atoms in total. The summed E-state index contributed by atoms with van der Waals surface area (Å²) in [4.78, 5) is 14.0. The first-order chi connectivity index (χ1) is 16.2. The van der Waals surface area contributed by atoms with Gasteiger partial charge in [0, 0.05) is 17.3 Å². The highest BCUT2D eigenvalue weighted by atomic mass is 35.5. The fraction of sp³-hybridized carbons (Fsp3) is 0.522. The molecule has 1 saturated carbocycles. The maximum absolute atomic E-state index is 13.1. The second-order valence-electron chi connectivity index (χ2n) is 9.40. The summed E-state index contributed by atoms with van der Waals surface area (Å²) in [5.74, 6) is 1.08. The third kappa shape index (κ3) is 4.65. The Morgan fingerprint density at radius 2 is 1.88 bits per heavy atom. The number of hydrogen-bond acceptors (Lipinski definition) is 6. The molecule has 0 atom stereocenters. The normalized spacial score (nSPS) is 19.0. The number of hydrogen-bond donors (Lipinski definition) is 3. The molecule has 34 heavy (non-hydrogen) atoms. The van der Waals surface area contributed by atoms with E-state index in [1.54, 1.807) is 6.20 Å². The number of halogens is 4. The SMILES string of the molecule is CC1(Nc2ncc3nc(Nc4ccc(C(F)(F)F)c(Cl)c4)n(C4CCNCC4)c3n2)CCCC1. The molecule has 1 aliphatic carbocycles. The number of imidazole rings is 1. The lowest BCUT2D eigenvalue weighted by Crippen LogP contribution is -2.32. The van der Waals surface area contributed by atoms with Crippen LogP contribution in [0.15, 0.2) is 24.4 Å². The predicted molar refractivity (Wildman–Crippen MR) is 127 cm³/mol. The largest absolute Gasteiger partial charge is 0.417 e. The molecule has 0 unspecified atom stereocenters. The number of aromatic nitrogens is 4. The summed E-state index contributed by atoms with van der Waals surface area (Å²) in [5, 5.41) is 9.68. The minimum Gasteiger partial charge on any atom is -0.349 e. The minimum absolute atomic E-state index is 0.0225. The van der Waals surface area contributed by atoms with Gasteiger partial charge >= 0.3 is 6.18 Å². The van der Waals surface area contributed by atoms with E-state index in [0.29, 0.717) is 28.7 Å². The first kappa shape index (κ1) is 23.2. The van der Waals surface area contributed by atoms with Gasteiger partial charge in [-0.2, -0.15) is 18.2 Å². The van der Waals surface area contributed by atoms with Crippen molar-refractivity contribution < 1.29 is 13.2 Å². The number of nitrogens with zero attached hydrogens (tertiary/aromatic N) is 4. The number of anilines is 3. The predicted octanol–water partition coefficient (Wildman–Crippen LogP) is 5.91.